The lowest BCUT2D eigenvalue weighted by Gasteiger charge is -2.11. The first-order chi connectivity index (χ1) is 6.02. The van der Waals surface area contributed by atoms with Gasteiger partial charge in [0.1, 0.15) is 0 Å². The van der Waals surface area contributed by atoms with Crippen molar-refractivity contribution in [3.8, 4) is 0 Å². The van der Waals surface area contributed by atoms with Crippen molar-refractivity contribution in [3.05, 3.63) is 34.8 Å². The van der Waals surface area contributed by atoms with Crippen LogP contribution in [0.3, 0.4) is 0 Å². The van der Waals surface area contributed by atoms with Crippen molar-refractivity contribution >= 4 is 27.2 Å². The minimum absolute atomic E-state index is 0.458. The maximum absolute atomic E-state index is 5.64. The van der Waals surface area contributed by atoms with Crippen LogP contribution < -0.4 is 5.73 Å². The number of allylic oxidation sites excluding steroid dienone is 1. The van der Waals surface area contributed by atoms with Crippen LogP contribution in [-0.2, 0) is 0 Å². The number of halogens is 1. The van der Waals surface area contributed by atoms with E-state index < -0.39 is 0 Å². The van der Waals surface area contributed by atoms with Gasteiger partial charge in [0.25, 0.3) is 0 Å². The minimum Gasteiger partial charge on any atom is -0.399 e. The predicted molar refractivity (Wildman–Crippen MR) is 62.4 cm³/mol. The molecule has 0 aliphatic rings. The Hall–Kier alpha value is -0.760. The number of benzene rings is 1. The first-order valence-corrected chi connectivity index (χ1v) is 5.06. The molecular weight excluding hydrogens is 226 g/mol. The molecule has 0 amide bonds. The van der Waals surface area contributed by atoms with Crippen molar-refractivity contribution in [2.75, 3.05) is 5.73 Å². The van der Waals surface area contributed by atoms with Gasteiger partial charge in [0, 0.05) is 10.2 Å². The van der Waals surface area contributed by atoms with Crippen LogP contribution in [0.4, 0.5) is 5.69 Å². The normalized spacial score (nSPS) is 10.5. The molecule has 70 valence electrons. The Labute approximate surface area is 87.8 Å². The zero-order valence-corrected chi connectivity index (χ0v) is 9.56. The molecule has 0 aliphatic carbocycles. The highest BCUT2D eigenvalue weighted by molar-refractivity contribution is 9.10. The van der Waals surface area contributed by atoms with Gasteiger partial charge in [0.2, 0.25) is 0 Å². The maximum atomic E-state index is 5.64. The summed E-state index contributed by atoms with van der Waals surface area (Å²) in [6, 6.07) is 5.80. The van der Waals surface area contributed by atoms with Crippen molar-refractivity contribution in [1.29, 1.82) is 0 Å². The summed E-state index contributed by atoms with van der Waals surface area (Å²) in [7, 11) is 0. The number of hydrogen-bond donors (Lipinski definition) is 1. The van der Waals surface area contributed by atoms with E-state index in [2.05, 4.69) is 36.4 Å². The Morgan fingerprint density at radius 1 is 1.46 bits per heavy atom. The van der Waals surface area contributed by atoms with E-state index in [0.717, 1.165) is 21.3 Å². The second kappa shape index (κ2) is 3.97. The van der Waals surface area contributed by atoms with E-state index in [1.54, 1.807) is 0 Å². The summed E-state index contributed by atoms with van der Waals surface area (Å²) in [6.45, 7) is 8.30. The number of hydrogen-bond acceptors (Lipinski definition) is 1. The van der Waals surface area contributed by atoms with Gasteiger partial charge in [-0.05, 0) is 29.2 Å². The number of nitrogen functional groups attached to an aromatic ring is 1. The molecule has 0 atom stereocenters. The fourth-order valence-corrected chi connectivity index (χ4v) is 1.75. The Kier molecular flexibility index (Phi) is 3.15. The molecule has 0 aromatic heterocycles. The van der Waals surface area contributed by atoms with Gasteiger partial charge >= 0.3 is 0 Å². The third-order valence-electron chi connectivity index (χ3n) is 2.04. The highest BCUT2D eigenvalue weighted by Crippen LogP contribution is 2.29. The standard InChI is InChI=1S/C11H14BrN/c1-7(2)8(3)10-5-4-9(13)6-11(10)12/h4-7H,3,13H2,1-2H3. The van der Waals surface area contributed by atoms with E-state index >= 15 is 0 Å². The topological polar surface area (TPSA) is 26.0 Å². The maximum Gasteiger partial charge on any atom is 0.0325 e. The van der Waals surface area contributed by atoms with Crippen LogP contribution in [0.2, 0.25) is 0 Å². The molecule has 0 saturated heterocycles. The molecular formula is C11H14BrN. The van der Waals surface area contributed by atoms with Gasteiger partial charge in [0.05, 0.1) is 0 Å². The summed E-state index contributed by atoms with van der Waals surface area (Å²) in [5.41, 5.74) is 8.69. The molecule has 0 saturated carbocycles. The van der Waals surface area contributed by atoms with E-state index in [9.17, 15) is 0 Å². The summed E-state index contributed by atoms with van der Waals surface area (Å²) >= 11 is 3.48. The summed E-state index contributed by atoms with van der Waals surface area (Å²) in [6.07, 6.45) is 0. The van der Waals surface area contributed by atoms with Crippen LogP contribution in [-0.4, -0.2) is 0 Å². The van der Waals surface area contributed by atoms with Crippen molar-refractivity contribution in [2.24, 2.45) is 5.92 Å². The minimum atomic E-state index is 0.458. The lowest BCUT2D eigenvalue weighted by Crippen LogP contribution is -1.94. The highest BCUT2D eigenvalue weighted by atomic mass is 79.9. The van der Waals surface area contributed by atoms with E-state index in [-0.39, 0.29) is 0 Å². The van der Waals surface area contributed by atoms with E-state index in [0.29, 0.717) is 5.92 Å². The molecule has 13 heavy (non-hydrogen) atoms. The number of rotatable bonds is 2. The van der Waals surface area contributed by atoms with Crippen LogP contribution >= 0.6 is 15.9 Å². The SMILES string of the molecule is C=C(c1ccc(N)cc1Br)C(C)C. The summed E-state index contributed by atoms with van der Waals surface area (Å²) in [5.74, 6) is 0.458. The first kappa shape index (κ1) is 10.3. The van der Waals surface area contributed by atoms with Crippen molar-refractivity contribution in [3.63, 3.8) is 0 Å². The van der Waals surface area contributed by atoms with Crippen LogP contribution in [0.15, 0.2) is 29.3 Å². The monoisotopic (exact) mass is 239 g/mol. The van der Waals surface area contributed by atoms with Crippen LogP contribution in [0.5, 0.6) is 0 Å². The Morgan fingerprint density at radius 3 is 2.54 bits per heavy atom. The average molecular weight is 240 g/mol. The molecule has 0 radical (unpaired) electrons. The quantitative estimate of drug-likeness (QED) is 0.783. The molecule has 1 nitrogen and oxygen atoms in total. The van der Waals surface area contributed by atoms with Gasteiger partial charge in [-0.1, -0.05) is 42.4 Å². The summed E-state index contributed by atoms with van der Waals surface area (Å²) in [4.78, 5) is 0. The second-order valence-corrected chi connectivity index (χ2v) is 4.27. The Morgan fingerprint density at radius 2 is 2.08 bits per heavy atom. The van der Waals surface area contributed by atoms with E-state index in [4.69, 9.17) is 5.73 Å². The molecule has 0 bridgehead atoms. The van der Waals surface area contributed by atoms with Crippen molar-refractivity contribution in [2.45, 2.75) is 13.8 Å². The smallest absolute Gasteiger partial charge is 0.0325 e. The third-order valence-corrected chi connectivity index (χ3v) is 2.69. The molecule has 0 heterocycles. The predicted octanol–water partition coefficient (Wildman–Crippen LogP) is 3.70. The van der Waals surface area contributed by atoms with Crippen LogP contribution in [0.25, 0.3) is 5.57 Å². The number of nitrogens with two attached hydrogens (primary N) is 1. The summed E-state index contributed by atoms with van der Waals surface area (Å²) in [5, 5.41) is 0. The highest BCUT2D eigenvalue weighted by Gasteiger charge is 2.07. The largest absolute Gasteiger partial charge is 0.399 e. The van der Waals surface area contributed by atoms with Crippen molar-refractivity contribution < 1.29 is 0 Å². The lowest BCUT2D eigenvalue weighted by atomic mass is 9.97. The van der Waals surface area contributed by atoms with Gasteiger partial charge in [-0.3, -0.25) is 0 Å². The zero-order valence-electron chi connectivity index (χ0n) is 7.97. The molecule has 0 spiro atoms. The molecule has 1 aromatic carbocycles. The second-order valence-electron chi connectivity index (χ2n) is 3.42. The van der Waals surface area contributed by atoms with Crippen LogP contribution in [0.1, 0.15) is 19.4 Å². The zero-order chi connectivity index (χ0) is 10.0. The van der Waals surface area contributed by atoms with Gasteiger partial charge in [-0.25, -0.2) is 0 Å². The molecule has 2 N–H and O–H groups in total. The van der Waals surface area contributed by atoms with E-state index in [1.807, 2.05) is 18.2 Å². The fraction of sp³-hybridized carbons (Fsp3) is 0.273. The van der Waals surface area contributed by atoms with Crippen molar-refractivity contribution in [1.82, 2.24) is 0 Å². The average Bonchev–Trinajstić information content (AvgIpc) is 2.03. The molecule has 0 aliphatic heterocycles. The molecule has 1 aromatic rings. The number of anilines is 1. The third kappa shape index (κ3) is 2.34. The van der Waals surface area contributed by atoms with Crippen LogP contribution in [0, 0.1) is 5.92 Å². The molecule has 1 rings (SSSR count). The molecule has 0 unspecified atom stereocenters. The van der Waals surface area contributed by atoms with Gasteiger partial charge in [-0.2, -0.15) is 0 Å². The Balaban J connectivity index is 3.09. The molecule has 2 heteroatoms. The van der Waals surface area contributed by atoms with Gasteiger partial charge in [0.15, 0.2) is 0 Å². The van der Waals surface area contributed by atoms with E-state index in [1.165, 1.54) is 0 Å². The van der Waals surface area contributed by atoms with Gasteiger partial charge < -0.3 is 5.73 Å². The Bertz CT molecular complexity index is 329. The summed E-state index contributed by atoms with van der Waals surface area (Å²) < 4.78 is 1.02. The molecule has 0 fully saturated rings. The lowest BCUT2D eigenvalue weighted by molar-refractivity contribution is 0.857. The fourth-order valence-electron chi connectivity index (χ4n) is 1.10. The first-order valence-electron chi connectivity index (χ1n) is 4.26. The van der Waals surface area contributed by atoms with Gasteiger partial charge in [-0.15, -0.1) is 0 Å².